The predicted octanol–water partition coefficient (Wildman–Crippen LogP) is 2.65. The standard InChI is InChI=1S/C23H24ClN7OS/c1-14-16-13-33-19-11-27-18(15-6-3-4-7-17(15)24)10-23(16,19)31-20(12-26-14)28-29-21(31)22(32)30(2)9-5-8-25/h3-4,6-7,12-13,19,21,28-29H,5,9-11H2,1-2H3. The first-order valence-electron chi connectivity index (χ1n) is 10.8. The highest BCUT2D eigenvalue weighted by atomic mass is 35.5. The van der Waals surface area contributed by atoms with Crippen LogP contribution >= 0.6 is 23.4 Å². The van der Waals surface area contributed by atoms with Gasteiger partial charge in [0.25, 0.3) is 5.91 Å². The lowest BCUT2D eigenvalue weighted by molar-refractivity contribution is -0.136. The molecule has 10 heteroatoms. The van der Waals surface area contributed by atoms with Gasteiger partial charge in [-0.2, -0.15) is 5.26 Å². The van der Waals surface area contributed by atoms with Crippen LogP contribution in [-0.4, -0.2) is 64.2 Å². The number of fused-ring (bicyclic) bond motifs is 1. The molecule has 33 heavy (non-hydrogen) atoms. The largest absolute Gasteiger partial charge is 0.342 e. The van der Waals surface area contributed by atoms with Crippen molar-refractivity contribution in [2.45, 2.75) is 36.7 Å². The maximum atomic E-state index is 13.5. The Morgan fingerprint density at radius 2 is 2.27 bits per heavy atom. The number of nitrogens with zero attached hydrogens (tertiary/aromatic N) is 5. The van der Waals surface area contributed by atoms with Gasteiger partial charge in [-0.05, 0) is 18.4 Å². The smallest absolute Gasteiger partial charge is 0.261 e. The number of amides is 1. The molecule has 170 valence electrons. The van der Waals surface area contributed by atoms with E-state index in [1.165, 1.54) is 0 Å². The molecule has 0 bridgehead atoms. The van der Waals surface area contributed by atoms with Crippen molar-refractivity contribution in [2.24, 2.45) is 9.98 Å². The van der Waals surface area contributed by atoms with Crippen molar-refractivity contribution in [3.8, 4) is 6.07 Å². The topological polar surface area (TPSA) is 96.1 Å². The monoisotopic (exact) mass is 481 g/mol. The molecule has 4 heterocycles. The Morgan fingerprint density at radius 1 is 1.45 bits per heavy atom. The minimum atomic E-state index is -0.642. The van der Waals surface area contributed by atoms with E-state index < -0.39 is 11.7 Å². The average Bonchev–Trinajstić information content (AvgIpc) is 3.40. The summed E-state index contributed by atoms with van der Waals surface area (Å²) < 4.78 is 0. The summed E-state index contributed by atoms with van der Waals surface area (Å²) in [6.45, 7) is 2.99. The Bertz CT molecular complexity index is 1170. The molecule has 0 radical (unpaired) electrons. The average molecular weight is 482 g/mol. The predicted molar refractivity (Wildman–Crippen MR) is 131 cm³/mol. The number of halogens is 1. The first kappa shape index (κ1) is 22.0. The van der Waals surface area contributed by atoms with Crippen LogP contribution in [-0.2, 0) is 4.79 Å². The van der Waals surface area contributed by atoms with Crippen LogP contribution in [0.4, 0.5) is 0 Å². The van der Waals surface area contributed by atoms with Crippen molar-refractivity contribution in [1.82, 2.24) is 20.7 Å². The minimum absolute atomic E-state index is 0.105. The zero-order valence-electron chi connectivity index (χ0n) is 18.4. The number of likely N-dealkylation sites (N-methyl/N-ethyl adjacent to an activating group) is 1. The van der Waals surface area contributed by atoms with Crippen LogP contribution in [0.3, 0.4) is 0 Å². The van der Waals surface area contributed by atoms with Crippen LogP contribution < -0.4 is 10.9 Å². The Hall–Kier alpha value is -2.80. The molecule has 0 aliphatic carbocycles. The highest BCUT2D eigenvalue weighted by Crippen LogP contribution is 2.52. The number of carbonyl (C=O) groups excluding carboxylic acids is 1. The second-order valence-electron chi connectivity index (χ2n) is 8.46. The van der Waals surface area contributed by atoms with E-state index in [-0.39, 0.29) is 17.6 Å². The maximum Gasteiger partial charge on any atom is 0.261 e. The molecule has 1 amide bonds. The fourth-order valence-corrected chi connectivity index (χ4v) is 6.60. The molecule has 1 spiro atoms. The van der Waals surface area contributed by atoms with Gasteiger partial charge in [0.2, 0.25) is 0 Å². The lowest BCUT2D eigenvalue weighted by Crippen LogP contribution is -2.64. The number of nitriles is 1. The summed E-state index contributed by atoms with van der Waals surface area (Å²) >= 11 is 8.30. The van der Waals surface area contributed by atoms with E-state index in [9.17, 15) is 4.79 Å². The molecule has 0 saturated carbocycles. The number of nitrogens with one attached hydrogen (secondary N) is 2. The van der Waals surface area contributed by atoms with Gasteiger partial charge in [-0.1, -0.05) is 29.8 Å². The normalized spacial score (nSPS) is 27.5. The number of hydrogen-bond donors (Lipinski definition) is 2. The number of aliphatic imine (C=N–C) groups is 2. The number of rotatable bonds is 4. The highest BCUT2D eigenvalue weighted by Gasteiger charge is 2.59. The zero-order valence-corrected chi connectivity index (χ0v) is 20.0. The van der Waals surface area contributed by atoms with Gasteiger partial charge in [0.05, 0.1) is 36.0 Å². The SMILES string of the molecule is CC1=NC=C2NNC(C(=O)N(C)CCC#N)N2C23CC(c4ccccc4Cl)=NCC2SC=C13. The van der Waals surface area contributed by atoms with E-state index in [1.54, 1.807) is 29.9 Å². The molecule has 0 aromatic heterocycles. The lowest BCUT2D eigenvalue weighted by Gasteiger charge is -2.49. The van der Waals surface area contributed by atoms with Crippen LogP contribution in [0.1, 0.15) is 25.3 Å². The quantitative estimate of drug-likeness (QED) is 0.686. The summed E-state index contributed by atoms with van der Waals surface area (Å²) in [7, 11) is 1.73. The van der Waals surface area contributed by atoms with Crippen LogP contribution in [0.25, 0.3) is 0 Å². The molecule has 4 aliphatic rings. The molecule has 5 rings (SSSR count). The van der Waals surface area contributed by atoms with E-state index in [0.29, 0.717) is 24.5 Å². The van der Waals surface area contributed by atoms with Gasteiger partial charge in [-0.25, -0.2) is 5.43 Å². The number of carbonyl (C=O) groups is 1. The highest BCUT2D eigenvalue weighted by molar-refractivity contribution is 8.03. The summed E-state index contributed by atoms with van der Waals surface area (Å²) in [4.78, 5) is 26.9. The Morgan fingerprint density at radius 3 is 3.06 bits per heavy atom. The van der Waals surface area contributed by atoms with Crippen LogP contribution in [0.15, 0.2) is 57.3 Å². The third kappa shape index (κ3) is 3.44. The van der Waals surface area contributed by atoms with Gasteiger partial charge in [0.15, 0.2) is 6.17 Å². The van der Waals surface area contributed by atoms with Crippen LogP contribution in [0.2, 0.25) is 5.02 Å². The summed E-state index contributed by atoms with van der Waals surface area (Å²) in [5.74, 6) is 0.643. The van der Waals surface area contributed by atoms with Gasteiger partial charge in [-0.15, -0.1) is 11.8 Å². The van der Waals surface area contributed by atoms with Crippen molar-refractivity contribution >= 4 is 40.7 Å². The van der Waals surface area contributed by atoms with Crippen molar-refractivity contribution in [2.75, 3.05) is 20.1 Å². The molecule has 4 aliphatic heterocycles. The zero-order chi connectivity index (χ0) is 23.2. The number of thioether (sulfide) groups is 1. The minimum Gasteiger partial charge on any atom is -0.342 e. The van der Waals surface area contributed by atoms with E-state index in [2.05, 4.69) is 27.2 Å². The molecule has 3 atom stereocenters. The first-order valence-corrected chi connectivity index (χ1v) is 12.1. The molecule has 1 aromatic rings. The molecule has 3 unspecified atom stereocenters. The molecule has 2 N–H and O–H groups in total. The molecular formula is C23H24ClN7OS. The first-order chi connectivity index (χ1) is 16.0. The van der Waals surface area contributed by atoms with Gasteiger partial charge in [0.1, 0.15) is 5.82 Å². The summed E-state index contributed by atoms with van der Waals surface area (Å²) in [5.41, 5.74) is 9.70. The second kappa shape index (κ2) is 8.52. The fourth-order valence-electron chi connectivity index (χ4n) is 4.97. The summed E-state index contributed by atoms with van der Waals surface area (Å²) in [6, 6.07) is 9.87. The van der Waals surface area contributed by atoms with E-state index in [4.69, 9.17) is 26.8 Å². The van der Waals surface area contributed by atoms with Crippen LogP contribution in [0, 0.1) is 11.3 Å². The number of hydrogen-bond acceptors (Lipinski definition) is 8. The van der Waals surface area contributed by atoms with Crippen molar-refractivity contribution in [3.63, 3.8) is 0 Å². The molecule has 1 aromatic carbocycles. The van der Waals surface area contributed by atoms with Crippen molar-refractivity contribution in [1.29, 1.82) is 5.26 Å². The maximum absolute atomic E-state index is 13.5. The second-order valence-corrected chi connectivity index (χ2v) is 9.95. The third-order valence-corrected chi connectivity index (χ3v) is 8.21. The molecule has 1 fully saturated rings. The van der Waals surface area contributed by atoms with E-state index >= 15 is 0 Å². The van der Waals surface area contributed by atoms with Gasteiger partial charge >= 0.3 is 0 Å². The Balaban J connectivity index is 1.59. The Kier molecular flexibility index (Phi) is 5.69. The molecular weight excluding hydrogens is 458 g/mol. The fraction of sp³-hybridized carbons (Fsp3) is 0.391. The van der Waals surface area contributed by atoms with E-state index in [1.807, 2.05) is 31.2 Å². The molecule has 8 nitrogen and oxygen atoms in total. The summed E-state index contributed by atoms with van der Waals surface area (Å²) in [5, 5.41) is 11.9. The van der Waals surface area contributed by atoms with Crippen molar-refractivity contribution in [3.05, 3.63) is 57.9 Å². The van der Waals surface area contributed by atoms with Gasteiger partial charge in [-0.3, -0.25) is 14.8 Å². The van der Waals surface area contributed by atoms with Gasteiger partial charge < -0.3 is 15.2 Å². The molecule has 1 saturated heterocycles. The summed E-state index contributed by atoms with van der Waals surface area (Å²) in [6.07, 6.45) is 2.02. The van der Waals surface area contributed by atoms with E-state index in [0.717, 1.165) is 28.4 Å². The van der Waals surface area contributed by atoms with Crippen molar-refractivity contribution < 1.29 is 4.79 Å². The van der Waals surface area contributed by atoms with Crippen LogP contribution in [0.5, 0.6) is 0 Å². The lowest BCUT2D eigenvalue weighted by atomic mass is 9.75. The Labute approximate surface area is 202 Å². The number of benzene rings is 1. The third-order valence-electron chi connectivity index (χ3n) is 6.64. The van der Waals surface area contributed by atoms with Gasteiger partial charge in [0, 0.05) is 47.6 Å². The number of hydrazine groups is 1.